The minimum absolute atomic E-state index is 0.112. The zero-order valence-electron chi connectivity index (χ0n) is 12.6. The Hall–Kier alpha value is -1.49. The van der Waals surface area contributed by atoms with Crippen LogP contribution >= 0.6 is 0 Å². The molecule has 0 unspecified atom stereocenters. The van der Waals surface area contributed by atoms with E-state index in [1.165, 1.54) is 0 Å². The Kier molecular flexibility index (Phi) is 6.31. The molecule has 6 nitrogen and oxygen atoms in total. The van der Waals surface area contributed by atoms with Crippen molar-refractivity contribution < 1.29 is 15.3 Å². The molecule has 0 bridgehead atoms. The lowest BCUT2D eigenvalue weighted by Crippen LogP contribution is -2.44. The van der Waals surface area contributed by atoms with Gasteiger partial charge in [0, 0.05) is 32.7 Å². The fourth-order valence-electron chi connectivity index (χ4n) is 2.79. The number of hydrogen-bond donors (Lipinski definition) is 3. The van der Waals surface area contributed by atoms with Gasteiger partial charge in [0.1, 0.15) is 0 Å². The molecule has 0 aromatic heterocycles. The van der Waals surface area contributed by atoms with Crippen LogP contribution in [0.5, 0.6) is 0 Å². The fraction of sp³-hybridized carbons (Fsp3) is 0.562. The molecule has 120 valence electrons. The predicted octanol–water partition coefficient (Wildman–Crippen LogP) is -0.610. The summed E-state index contributed by atoms with van der Waals surface area (Å²) >= 11 is 0. The van der Waals surface area contributed by atoms with Gasteiger partial charge in [-0.05, 0) is 17.7 Å². The molecule has 1 aromatic rings. The van der Waals surface area contributed by atoms with E-state index < -0.39 is 6.10 Å². The Morgan fingerprint density at radius 1 is 1.14 bits per heavy atom. The maximum Gasteiger partial charge on any atom is 0.0991 e. The van der Waals surface area contributed by atoms with Gasteiger partial charge in [-0.25, -0.2) is 0 Å². The van der Waals surface area contributed by atoms with Crippen molar-refractivity contribution in [3.63, 3.8) is 0 Å². The van der Waals surface area contributed by atoms with Gasteiger partial charge in [-0.2, -0.15) is 5.26 Å². The third-order valence-corrected chi connectivity index (χ3v) is 4.04. The summed E-state index contributed by atoms with van der Waals surface area (Å²) in [6.07, 6.45) is -0.513. The van der Waals surface area contributed by atoms with E-state index in [0.717, 1.165) is 12.1 Å². The van der Waals surface area contributed by atoms with Crippen LogP contribution in [-0.4, -0.2) is 76.7 Å². The molecule has 1 saturated heterocycles. The average Bonchev–Trinajstić information content (AvgIpc) is 2.71. The molecule has 1 aliphatic heterocycles. The first kappa shape index (κ1) is 16.9. The van der Waals surface area contributed by atoms with E-state index in [9.17, 15) is 15.3 Å². The van der Waals surface area contributed by atoms with Crippen LogP contribution in [0.3, 0.4) is 0 Å². The number of nitrogens with zero attached hydrogens (tertiary/aromatic N) is 3. The Morgan fingerprint density at radius 2 is 1.82 bits per heavy atom. The predicted molar refractivity (Wildman–Crippen MR) is 82.0 cm³/mol. The summed E-state index contributed by atoms with van der Waals surface area (Å²) in [7, 11) is 0. The van der Waals surface area contributed by atoms with Gasteiger partial charge in [0.25, 0.3) is 0 Å². The van der Waals surface area contributed by atoms with E-state index in [4.69, 9.17) is 5.26 Å². The van der Waals surface area contributed by atoms with Gasteiger partial charge in [-0.15, -0.1) is 0 Å². The zero-order chi connectivity index (χ0) is 15.9. The molecule has 1 atom stereocenters. The Labute approximate surface area is 130 Å². The maximum absolute atomic E-state index is 10.1. The van der Waals surface area contributed by atoms with Crippen molar-refractivity contribution in [3.05, 3.63) is 35.4 Å². The van der Waals surface area contributed by atoms with Crippen molar-refractivity contribution in [3.8, 4) is 6.07 Å². The van der Waals surface area contributed by atoms with Crippen molar-refractivity contribution in [1.29, 1.82) is 5.26 Å². The molecular formula is C16H23N3O3. The highest BCUT2D eigenvalue weighted by Crippen LogP contribution is 2.12. The Balaban J connectivity index is 1.96. The molecule has 1 aliphatic rings. The summed E-state index contributed by atoms with van der Waals surface area (Å²) in [5.41, 5.74) is 1.74. The summed E-state index contributed by atoms with van der Waals surface area (Å²) in [6, 6.07) is 9.23. The van der Waals surface area contributed by atoms with Gasteiger partial charge < -0.3 is 15.3 Å². The van der Waals surface area contributed by atoms with E-state index in [1.54, 1.807) is 12.1 Å². The number of aliphatic hydroxyl groups is 3. The van der Waals surface area contributed by atoms with Crippen LogP contribution in [-0.2, 0) is 6.54 Å². The van der Waals surface area contributed by atoms with Crippen molar-refractivity contribution in [1.82, 2.24) is 9.80 Å². The zero-order valence-corrected chi connectivity index (χ0v) is 12.6. The molecular weight excluding hydrogens is 282 g/mol. The van der Waals surface area contributed by atoms with Crippen LogP contribution in [0, 0.1) is 11.3 Å². The first-order valence-corrected chi connectivity index (χ1v) is 7.51. The lowest BCUT2D eigenvalue weighted by molar-refractivity contribution is 0.0471. The highest BCUT2D eigenvalue weighted by Gasteiger charge is 2.25. The molecule has 1 fully saturated rings. The third kappa shape index (κ3) is 4.50. The van der Waals surface area contributed by atoms with Gasteiger partial charge in [0.05, 0.1) is 37.0 Å². The first-order chi connectivity index (χ1) is 10.7. The molecule has 2 rings (SSSR count). The highest BCUT2D eigenvalue weighted by molar-refractivity contribution is 5.31. The highest BCUT2D eigenvalue weighted by atomic mass is 16.3. The normalized spacial score (nSPS) is 20.8. The van der Waals surface area contributed by atoms with Crippen LogP contribution in [0.2, 0.25) is 0 Å². The number of benzene rings is 1. The quantitative estimate of drug-likeness (QED) is 0.672. The average molecular weight is 305 g/mol. The van der Waals surface area contributed by atoms with Gasteiger partial charge >= 0.3 is 0 Å². The van der Waals surface area contributed by atoms with E-state index in [1.807, 2.05) is 17.0 Å². The SMILES string of the molecule is N#Cc1ccc(CN2CCN(C(CO)CO)C[C@@H](O)C2)cc1. The molecule has 1 heterocycles. The number of rotatable bonds is 5. The molecule has 0 radical (unpaired) electrons. The lowest BCUT2D eigenvalue weighted by atomic mass is 10.1. The molecule has 0 saturated carbocycles. The van der Waals surface area contributed by atoms with Gasteiger partial charge in [0.15, 0.2) is 0 Å². The number of hydrogen-bond acceptors (Lipinski definition) is 6. The first-order valence-electron chi connectivity index (χ1n) is 7.51. The molecule has 6 heteroatoms. The fourth-order valence-corrected chi connectivity index (χ4v) is 2.79. The van der Waals surface area contributed by atoms with Crippen molar-refractivity contribution in [2.45, 2.75) is 18.7 Å². The lowest BCUT2D eigenvalue weighted by Gasteiger charge is -2.28. The molecule has 3 N–H and O–H groups in total. The molecule has 22 heavy (non-hydrogen) atoms. The van der Waals surface area contributed by atoms with E-state index in [-0.39, 0.29) is 19.3 Å². The van der Waals surface area contributed by atoms with Gasteiger partial charge in [-0.1, -0.05) is 12.1 Å². The second-order valence-electron chi connectivity index (χ2n) is 5.71. The number of nitriles is 1. The van der Waals surface area contributed by atoms with Crippen molar-refractivity contribution in [2.24, 2.45) is 0 Å². The summed E-state index contributed by atoms with van der Waals surface area (Å²) < 4.78 is 0. The monoisotopic (exact) mass is 305 g/mol. The topological polar surface area (TPSA) is 91.0 Å². The van der Waals surface area contributed by atoms with Gasteiger partial charge in [0.2, 0.25) is 0 Å². The second-order valence-corrected chi connectivity index (χ2v) is 5.71. The van der Waals surface area contributed by atoms with Crippen LogP contribution in [0.25, 0.3) is 0 Å². The minimum atomic E-state index is -0.513. The summed E-state index contributed by atoms with van der Waals surface area (Å²) in [5, 5.41) is 37.5. The largest absolute Gasteiger partial charge is 0.395 e. The van der Waals surface area contributed by atoms with E-state index in [2.05, 4.69) is 11.0 Å². The standard InChI is InChI=1S/C16H23N3O3/c17-7-13-1-3-14(4-2-13)8-18-5-6-19(10-16(22)9-18)15(11-20)12-21/h1-4,15-16,20-22H,5-6,8-12H2/t16-/m0/s1. The van der Waals surface area contributed by atoms with Crippen LogP contribution in [0.1, 0.15) is 11.1 Å². The molecule has 1 aromatic carbocycles. The van der Waals surface area contributed by atoms with E-state index in [0.29, 0.717) is 31.7 Å². The van der Waals surface area contributed by atoms with Crippen LogP contribution in [0.15, 0.2) is 24.3 Å². The number of β-amino-alcohol motifs (C(OH)–C–C–N with tert-alkyl or cyclic N) is 1. The van der Waals surface area contributed by atoms with Crippen molar-refractivity contribution in [2.75, 3.05) is 39.4 Å². The second kappa shape index (κ2) is 8.22. The van der Waals surface area contributed by atoms with Crippen LogP contribution < -0.4 is 0 Å². The van der Waals surface area contributed by atoms with Crippen LogP contribution in [0.4, 0.5) is 0 Å². The summed E-state index contributed by atoms with van der Waals surface area (Å²) in [5.74, 6) is 0. The molecule has 0 amide bonds. The summed E-state index contributed by atoms with van der Waals surface area (Å²) in [4.78, 5) is 4.08. The van der Waals surface area contributed by atoms with Gasteiger partial charge in [-0.3, -0.25) is 9.80 Å². The third-order valence-electron chi connectivity index (χ3n) is 4.04. The van der Waals surface area contributed by atoms with E-state index >= 15 is 0 Å². The molecule has 0 spiro atoms. The Morgan fingerprint density at radius 3 is 2.41 bits per heavy atom. The molecule has 0 aliphatic carbocycles. The Bertz CT molecular complexity index is 496. The minimum Gasteiger partial charge on any atom is -0.395 e. The smallest absolute Gasteiger partial charge is 0.0991 e. The summed E-state index contributed by atoms with van der Waals surface area (Å²) in [6.45, 7) is 2.94. The number of aliphatic hydroxyl groups excluding tert-OH is 3. The van der Waals surface area contributed by atoms with Crippen molar-refractivity contribution >= 4 is 0 Å². The maximum atomic E-state index is 10.1.